The molecule has 0 aliphatic carbocycles. The summed E-state index contributed by atoms with van der Waals surface area (Å²) in [5.41, 5.74) is 0.500. The lowest BCUT2D eigenvalue weighted by molar-refractivity contribution is -0.111. The number of rotatable bonds is 4. The molecule has 3 rings (SSSR count). The number of aromatic nitrogens is 4. The molecule has 0 aliphatic rings. The quantitative estimate of drug-likeness (QED) is 0.738. The van der Waals surface area contributed by atoms with E-state index in [1.807, 2.05) is 0 Å². The van der Waals surface area contributed by atoms with Crippen LogP contribution in [0.3, 0.4) is 0 Å². The van der Waals surface area contributed by atoms with Crippen molar-refractivity contribution >= 4 is 17.7 Å². The molecule has 0 saturated heterocycles. The van der Waals surface area contributed by atoms with Gasteiger partial charge in [0.1, 0.15) is 5.76 Å². The SMILES string of the molecule is O=C(C=Cc1ccco1)Nc1cnc(-n2cccn2)nc1. The van der Waals surface area contributed by atoms with Crippen LogP contribution in [0.15, 0.2) is 59.7 Å². The smallest absolute Gasteiger partial charge is 0.250 e. The lowest BCUT2D eigenvalue weighted by Crippen LogP contribution is -2.09. The van der Waals surface area contributed by atoms with Crippen LogP contribution in [0.4, 0.5) is 5.69 Å². The number of hydrogen-bond acceptors (Lipinski definition) is 5. The van der Waals surface area contributed by atoms with Crippen LogP contribution >= 0.6 is 0 Å². The zero-order valence-electron chi connectivity index (χ0n) is 10.9. The van der Waals surface area contributed by atoms with Gasteiger partial charge in [-0.15, -0.1) is 0 Å². The number of carbonyl (C=O) groups is 1. The highest BCUT2D eigenvalue weighted by molar-refractivity contribution is 6.01. The Morgan fingerprint density at radius 2 is 2.14 bits per heavy atom. The molecule has 7 heteroatoms. The number of furan rings is 1. The van der Waals surface area contributed by atoms with E-state index in [4.69, 9.17) is 4.42 Å². The molecule has 3 heterocycles. The topological polar surface area (TPSA) is 85.8 Å². The van der Waals surface area contributed by atoms with E-state index in [-0.39, 0.29) is 5.91 Å². The van der Waals surface area contributed by atoms with Crippen LogP contribution in [0.1, 0.15) is 5.76 Å². The van der Waals surface area contributed by atoms with E-state index < -0.39 is 0 Å². The standard InChI is InChI=1S/C14H11N5O2/c20-13(5-4-12-3-1-8-21-12)18-11-9-15-14(16-10-11)19-7-2-6-17-19/h1-10H,(H,18,20). The molecule has 1 N–H and O–H groups in total. The summed E-state index contributed by atoms with van der Waals surface area (Å²) in [6.07, 6.45) is 10.9. The van der Waals surface area contributed by atoms with Gasteiger partial charge in [0.25, 0.3) is 5.95 Å². The maximum absolute atomic E-state index is 11.7. The van der Waals surface area contributed by atoms with Gasteiger partial charge in [0.2, 0.25) is 5.91 Å². The summed E-state index contributed by atoms with van der Waals surface area (Å²) in [5, 5.41) is 6.67. The Kier molecular flexibility index (Phi) is 3.55. The molecule has 0 fully saturated rings. The minimum Gasteiger partial charge on any atom is -0.465 e. The van der Waals surface area contributed by atoms with E-state index in [1.165, 1.54) is 23.2 Å². The van der Waals surface area contributed by atoms with Gasteiger partial charge >= 0.3 is 0 Å². The Morgan fingerprint density at radius 3 is 2.81 bits per heavy atom. The van der Waals surface area contributed by atoms with E-state index in [0.717, 1.165) is 0 Å². The minimum atomic E-state index is -0.290. The average molecular weight is 281 g/mol. The molecule has 3 aromatic heterocycles. The Hall–Kier alpha value is -3.22. The van der Waals surface area contributed by atoms with Crippen molar-refractivity contribution in [3.8, 4) is 5.95 Å². The summed E-state index contributed by atoms with van der Waals surface area (Å²) in [6, 6.07) is 5.28. The van der Waals surface area contributed by atoms with Crippen LogP contribution in [0.5, 0.6) is 0 Å². The monoisotopic (exact) mass is 281 g/mol. The van der Waals surface area contributed by atoms with E-state index in [0.29, 0.717) is 17.4 Å². The fourth-order valence-electron chi connectivity index (χ4n) is 1.62. The molecule has 0 aromatic carbocycles. The fraction of sp³-hybridized carbons (Fsp3) is 0. The lowest BCUT2D eigenvalue weighted by Gasteiger charge is -2.02. The normalized spacial score (nSPS) is 10.9. The highest BCUT2D eigenvalue weighted by Gasteiger charge is 2.02. The average Bonchev–Trinajstić information content (AvgIpc) is 3.19. The summed E-state index contributed by atoms with van der Waals surface area (Å²) in [5.74, 6) is 0.751. The predicted molar refractivity (Wildman–Crippen MR) is 75.5 cm³/mol. The van der Waals surface area contributed by atoms with Crippen LogP contribution in [0, 0.1) is 0 Å². The molecule has 1 amide bonds. The maximum atomic E-state index is 11.7. The molecule has 0 aliphatic heterocycles. The minimum absolute atomic E-state index is 0.290. The third kappa shape index (κ3) is 3.21. The zero-order chi connectivity index (χ0) is 14.5. The predicted octanol–water partition coefficient (Wildman–Crippen LogP) is 1.91. The van der Waals surface area contributed by atoms with Crippen LogP contribution in [0.25, 0.3) is 12.0 Å². The second-order valence-corrected chi connectivity index (χ2v) is 4.06. The van der Waals surface area contributed by atoms with Crippen molar-refractivity contribution < 1.29 is 9.21 Å². The van der Waals surface area contributed by atoms with Crippen molar-refractivity contribution in [2.45, 2.75) is 0 Å². The first-order chi connectivity index (χ1) is 10.3. The van der Waals surface area contributed by atoms with E-state index in [9.17, 15) is 4.79 Å². The lowest BCUT2D eigenvalue weighted by atomic mass is 10.4. The zero-order valence-corrected chi connectivity index (χ0v) is 10.9. The van der Waals surface area contributed by atoms with Crippen LogP contribution in [-0.2, 0) is 4.79 Å². The molecule has 0 radical (unpaired) electrons. The van der Waals surface area contributed by atoms with Gasteiger partial charge in [-0.3, -0.25) is 4.79 Å². The molecule has 104 valence electrons. The van der Waals surface area contributed by atoms with Crippen molar-refractivity contribution in [1.29, 1.82) is 0 Å². The third-order valence-corrected chi connectivity index (χ3v) is 2.56. The molecular formula is C14H11N5O2. The van der Waals surface area contributed by atoms with Gasteiger partial charge in [-0.1, -0.05) is 0 Å². The van der Waals surface area contributed by atoms with Gasteiger partial charge in [-0.05, 0) is 24.3 Å². The van der Waals surface area contributed by atoms with Crippen LogP contribution < -0.4 is 5.32 Å². The van der Waals surface area contributed by atoms with Gasteiger partial charge in [0.15, 0.2) is 0 Å². The second kappa shape index (κ2) is 5.83. The third-order valence-electron chi connectivity index (χ3n) is 2.56. The van der Waals surface area contributed by atoms with Gasteiger partial charge in [-0.2, -0.15) is 5.10 Å². The van der Waals surface area contributed by atoms with Crippen molar-refractivity contribution in [2.75, 3.05) is 5.32 Å². The molecule has 7 nitrogen and oxygen atoms in total. The number of nitrogens with one attached hydrogen (secondary N) is 1. The van der Waals surface area contributed by atoms with Crippen LogP contribution in [-0.4, -0.2) is 25.7 Å². The maximum Gasteiger partial charge on any atom is 0.250 e. The van der Waals surface area contributed by atoms with E-state index in [2.05, 4.69) is 20.4 Å². The largest absolute Gasteiger partial charge is 0.465 e. The molecular weight excluding hydrogens is 270 g/mol. The van der Waals surface area contributed by atoms with Gasteiger partial charge in [0.05, 0.1) is 24.3 Å². The summed E-state index contributed by atoms with van der Waals surface area (Å²) >= 11 is 0. The van der Waals surface area contributed by atoms with Crippen molar-refractivity contribution in [3.05, 3.63) is 61.1 Å². The fourth-order valence-corrected chi connectivity index (χ4v) is 1.62. The highest BCUT2D eigenvalue weighted by atomic mass is 16.3. The number of anilines is 1. The van der Waals surface area contributed by atoms with E-state index >= 15 is 0 Å². The Bertz CT molecular complexity index is 730. The van der Waals surface area contributed by atoms with Crippen LogP contribution in [0.2, 0.25) is 0 Å². The Balaban J connectivity index is 1.64. The van der Waals surface area contributed by atoms with E-state index in [1.54, 1.807) is 42.9 Å². The number of amides is 1. The summed E-state index contributed by atoms with van der Waals surface area (Å²) < 4.78 is 6.62. The first-order valence-electron chi connectivity index (χ1n) is 6.16. The first-order valence-corrected chi connectivity index (χ1v) is 6.16. The second-order valence-electron chi connectivity index (χ2n) is 4.06. The number of nitrogens with zero attached hydrogens (tertiary/aromatic N) is 4. The highest BCUT2D eigenvalue weighted by Crippen LogP contribution is 2.06. The molecule has 0 atom stereocenters. The molecule has 0 saturated carbocycles. The molecule has 0 spiro atoms. The van der Waals surface area contributed by atoms with Gasteiger partial charge < -0.3 is 9.73 Å². The Morgan fingerprint density at radius 1 is 1.29 bits per heavy atom. The summed E-state index contributed by atoms with van der Waals surface area (Å²) in [6.45, 7) is 0. The summed E-state index contributed by atoms with van der Waals surface area (Å²) in [7, 11) is 0. The van der Waals surface area contributed by atoms with Crippen molar-refractivity contribution in [2.24, 2.45) is 0 Å². The molecule has 0 bridgehead atoms. The Labute approximate surface area is 120 Å². The van der Waals surface area contributed by atoms with Crippen molar-refractivity contribution in [1.82, 2.24) is 19.7 Å². The van der Waals surface area contributed by atoms with Crippen molar-refractivity contribution in [3.63, 3.8) is 0 Å². The summed E-state index contributed by atoms with van der Waals surface area (Å²) in [4.78, 5) is 19.9. The first kappa shape index (κ1) is 12.8. The number of hydrogen-bond donors (Lipinski definition) is 1. The van der Waals surface area contributed by atoms with Gasteiger partial charge in [0, 0.05) is 18.5 Å². The molecule has 3 aromatic rings. The molecule has 21 heavy (non-hydrogen) atoms. The van der Waals surface area contributed by atoms with Gasteiger partial charge in [-0.25, -0.2) is 14.6 Å². The number of carbonyl (C=O) groups excluding carboxylic acids is 1. The molecule has 0 unspecified atom stereocenters.